The number of aromatic amines is 1. The van der Waals surface area contributed by atoms with E-state index in [2.05, 4.69) is 20.2 Å². The quantitative estimate of drug-likeness (QED) is 0.240. The average Bonchev–Trinajstić information content (AvgIpc) is 3.46. The summed E-state index contributed by atoms with van der Waals surface area (Å²) in [6, 6.07) is 12.2. The Morgan fingerprint density at radius 3 is 2.88 bits per heavy atom. The number of sulfonamides is 1. The third-order valence-electron chi connectivity index (χ3n) is 4.74. The number of aromatic nitrogens is 2. The lowest BCUT2D eigenvalue weighted by atomic mass is 10.1. The molecule has 174 valence electrons. The molecule has 4 N–H and O–H groups in total. The zero-order valence-corrected chi connectivity index (χ0v) is 19.5. The number of hydrogen-bond acceptors (Lipinski definition) is 7. The minimum absolute atomic E-state index is 0.0732. The molecule has 0 fully saturated rings. The minimum Gasteiger partial charge on any atom is -0.492 e. The van der Waals surface area contributed by atoms with Gasteiger partial charge in [0, 0.05) is 24.5 Å². The lowest BCUT2D eigenvalue weighted by Crippen LogP contribution is -2.26. The summed E-state index contributed by atoms with van der Waals surface area (Å²) in [5, 5.41) is 23.1. The molecule has 0 bridgehead atoms. The number of hydrogen-bond donors (Lipinski definition) is 4. The summed E-state index contributed by atoms with van der Waals surface area (Å²) in [5.74, 6) is -0.100. The van der Waals surface area contributed by atoms with Gasteiger partial charge in [-0.1, -0.05) is 23.7 Å². The van der Waals surface area contributed by atoms with Gasteiger partial charge in [0.25, 0.3) is 10.0 Å². The third kappa shape index (κ3) is 5.63. The Balaban J connectivity index is 1.29. The molecule has 0 aliphatic carbocycles. The molecule has 4 aromatic rings. The normalized spacial score (nSPS) is 12.7. The van der Waals surface area contributed by atoms with Crippen molar-refractivity contribution in [2.24, 2.45) is 0 Å². The maximum absolute atomic E-state index is 14.2. The number of H-pyrrole nitrogens is 1. The molecule has 12 heteroatoms. The van der Waals surface area contributed by atoms with Gasteiger partial charge in [-0.25, -0.2) is 12.8 Å². The Labute approximate surface area is 198 Å². The monoisotopic (exact) mass is 510 g/mol. The smallest absolute Gasteiger partial charge is 0.271 e. The van der Waals surface area contributed by atoms with Gasteiger partial charge in [0.2, 0.25) is 0 Å². The van der Waals surface area contributed by atoms with Crippen LogP contribution < -0.4 is 14.8 Å². The first-order valence-electron chi connectivity index (χ1n) is 9.84. The van der Waals surface area contributed by atoms with Gasteiger partial charge in [-0.2, -0.15) is 5.10 Å². The van der Waals surface area contributed by atoms with Gasteiger partial charge < -0.3 is 15.2 Å². The highest BCUT2D eigenvalue weighted by Gasteiger charge is 2.19. The molecule has 2 aromatic heterocycles. The van der Waals surface area contributed by atoms with E-state index in [4.69, 9.17) is 16.3 Å². The molecule has 0 amide bonds. The number of aliphatic hydroxyl groups is 1. The van der Waals surface area contributed by atoms with E-state index < -0.39 is 21.9 Å². The van der Waals surface area contributed by atoms with Crippen molar-refractivity contribution in [1.82, 2.24) is 15.5 Å². The summed E-state index contributed by atoms with van der Waals surface area (Å²) in [6.45, 7) is 0.946. The number of benzene rings is 2. The highest BCUT2D eigenvalue weighted by Crippen LogP contribution is 2.26. The van der Waals surface area contributed by atoms with Crippen LogP contribution in [-0.2, 0) is 10.0 Å². The highest BCUT2D eigenvalue weighted by atomic mass is 35.5. The van der Waals surface area contributed by atoms with E-state index in [9.17, 15) is 17.9 Å². The van der Waals surface area contributed by atoms with Gasteiger partial charge in [-0.15, -0.1) is 11.3 Å². The molecule has 2 aromatic carbocycles. The Morgan fingerprint density at radius 1 is 1.24 bits per heavy atom. The number of halogens is 2. The van der Waals surface area contributed by atoms with Crippen LogP contribution in [0.3, 0.4) is 0 Å². The van der Waals surface area contributed by atoms with Gasteiger partial charge in [0.1, 0.15) is 27.5 Å². The number of ether oxygens (including phenoxy) is 1. The van der Waals surface area contributed by atoms with Crippen LogP contribution in [0.5, 0.6) is 5.75 Å². The summed E-state index contributed by atoms with van der Waals surface area (Å²) < 4.78 is 46.9. The maximum atomic E-state index is 14.2. The van der Waals surface area contributed by atoms with Gasteiger partial charge in [0.15, 0.2) is 0 Å². The number of anilines is 1. The molecule has 4 rings (SSSR count). The summed E-state index contributed by atoms with van der Waals surface area (Å²) in [5.41, 5.74) is 0.842. The van der Waals surface area contributed by atoms with E-state index >= 15 is 0 Å². The number of nitrogens with one attached hydrogen (secondary N) is 3. The van der Waals surface area contributed by atoms with Crippen LogP contribution in [0.15, 0.2) is 58.1 Å². The molecular weight excluding hydrogens is 491 g/mol. The van der Waals surface area contributed by atoms with Crippen molar-refractivity contribution >= 4 is 49.6 Å². The van der Waals surface area contributed by atoms with E-state index in [0.29, 0.717) is 35.1 Å². The number of rotatable bonds is 10. The van der Waals surface area contributed by atoms with E-state index in [1.807, 2.05) is 6.07 Å². The molecule has 0 radical (unpaired) electrons. The van der Waals surface area contributed by atoms with E-state index in [0.717, 1.165) is 22.8 Å². The lowest BCUT2D eigenvalue weighted by Gasteiger charge is -2.15. The Morgan fingerprint density at radius 2 is 2.09 bits per heavy atom. The predicted octanol–water partition coefficient (Wildman–Crippen LogP) is 3.92. The number of fused-ring (bicyclic) bond motifs is 1. The molecule has 0 saturated carbocycles. The summed E-state index contributed by atoms with van der Waals surface area (Å²) in [6.07, 6.45) is -0.974. The highest BCUT2D eigenvalue weighted by molar-refractivity contribution is 7.94. The Hall–Kier alpha value is -2.70. The fraction of sp³-hybridized carbons (Fsp3) is 0.190. The Kier molecular flexibility index (Phi) is 7.15. The zero-order valence-electron chi connectivity index (χ0n) is 17.1. The van der Waals surface area contributed by atoms with E-state index in [1.54, 1.807) is 23.6 Å². The van der Waals surface area contributed by atoms with Crippen LogP contribution >= 0.6 is 22.9 Å². The number of aliphatic hydroxyl groups excluding tert-OH is 1. The molecule has 0 aliphatic heterocycles. The maximum Gasteiger partial charge on any atom is 0.271 e. The van der Waals surface area contributed by atoms with Gasteiger partial charge >= 0.3 is 0 Å². The minimum atomic E-state index is -3.90. The molecule has 0 aliphatic rings. The molecular formula is C21H20ClFN4O4S2. The van der Waals surface area contributed by atoms with Crippen LogP contribution in [0.1, 0.15) is 11.7 Å². The SMILES string of the molecule is O=S(=O)(Nc1cc([C@@H](O)CNCCOc2ccc3c(Cl)[nH]nc3c2)ccc1F)c1cccs1. The van der Waals surface area contributed by atoms with Crippen LogP contribution in [0, 0.1) is 5.82 Å². The van der Waals surface area contributed by atoms with Crippen molar-refractivity contribution in [2.75, 3.05) is 24.4 Å². The first-order valence-corrected chi connectivity index (χ1v) is 12.6. The van der Waals surface area contributed by atoms with Crippen molar-refractivity contribution < 1.29 is 22.7 Å². The van der Waals surface area contributed by atoms with Gasteiger partial charge in [-0.05, 0) is 41.3 Å². The molecule has 8 nitrogen and oxygen atoms in total. The molecule has 0 saturated heterocycles. The van der Waals surface area contributed by atoms with Gasteiger partial charge in [-0.3, -0.25) is 9.82 Å². The number of thiophene rings is 1. The molecule has 1 atom stereocenters. The van der Waals surface area contributed by atoms with Crippen LogP contribution in [0.2, 0.25) is 5.15 Å². The summed E-state index contributed by atoms with van der Waals surface area (Å²) >= 11 is 7.00. The van der Waals surface area contributed by atoms with E-state index in [-0.39, 0.29) is 16.4 Å². The fourth-order valence-corrected chi connectivity index (χ4v) is 5.34. The average molecular weight is 511 g/mol. The van der Waals surface area contributed by atoms with Crippen LogP contribution in [-0.4, -0.2) is 43.4 Å². The van der Waals surface area contributed by atoms with Crippen molar-refractivity contribution in [1.29, 1.82) is 0 Å². The van der Waals surface area contributed by atoms with Crippen molar-refractivity contribution in [3.05, 3.63) is 70.4 Å². The summed E-state index contributed by atoms with van der Waals surface area (Å²) in [4.78, 5) is 0. The first-order chi connectivity index (χ1) is 15.8. The standard InChI is InChI=1S/C21H20ClFN4O4S2/c22-21-15-5-4-14(11-17(15)25-26-21)31-8-7-24-12-19(28)13-3-6-16(23)18(10-13)27-33(29,30)20-2-1-9-32-20/h1-6,9-11,19,24,27-28H,7-8,12H2,(H,25,26)/t19-/m0/s1. The first kappa shape index (κ1) is 23.5. The van der Waals surface area contributed by atoms with Crippen molar-refractivity contribution in [2.45, 2.75) is 10.3 Å². The second-order valence-corrected chi connectivity index (χ2v) is 10.3. The van der Waals surface area contributed by atoms with Crippen molar-refractivity contribution in [3.63, 3.8) is 0 Å². The number of nitrogens with zero attached hydrogens (tertiary/aromatic N) is 1. The van der Waals surface area contributed by atoms with Crippen LogP contribution in [0.25, 0.3) is 10.9 Å². The molecule has 33 heavy (non-hydrogen) atoms. The second-order valence-electron chi connectivity index (χ2n) is 7.06. The topological polar surface area (TPSA) is 116 Å². The largest absolute Gasteiger partial charge is 0.492 e. The van der Waals surface area contributed by atoms with E-state index in [1.165, 1.54) is 18.2 Å². The Bertz CT molecular complexity index is 1350. The molecule has 2 heterocycles. The zero-order chi connectivity index (χ0) is 23.4. The van der Waals surface area contributed by atoms with Crippen LogP contribution in [0.4, 0.5) is 10.1 Å². The predicted molar refractivity (Wildman–Crippen MR) is 126 cm³/mol. The molecule has 0 spiro atoms. The lowest BCUT2D eigenvalue weighted by molar-refractivity contribution is 0.172. The summed E-state index contributed by atoms with van der Waals surface area (Å²) in [7, 11) is -3.90. The third-order valence-corrected chi connectivity index (χ3v) is 7.80. The fourth-order valence-electron chi connectivity index (χ4n) is 3.09. The second kappa shape index (κ2) is 10.1. The van der Waals surface area contributed by atoms with Gasteiger partial charge in [0.05, 0.1) is 17.3 Å². The molecule has 0 unspecified atom stereocenters. The van der Waals surface area contributed by atoms with Crippen molar-refractivity contribution in [3.8, 4) is 5.75 Å².